The van der Waals surface area contributed by atoms with Gasteiger partial charge in [0.15, 0.2) is 5.72 Å². The van der Waals surface area contributed by atoms with Crippen LogP contribution in [0, 0.1) is 0 Å². The zero-order chi connectivity index (χ0) is 30.1. The second-order valence-corrected chi connectivity index (χ2v) is 12.1. The van der Waals surface area contributed by atoms with Gasteiger partial charge in [0.05, 0.1) is 11.7 Å². The molecular formula is C30H35N5O5S2. The Morgan fingerprint density at radius 2 is 1.76 bits per heavy atom. The van der Waals surface area contributed by atoms with Gasteiger partial charge in [-0.15, -0.1) is 11.3 Å². The van der Waals surface area contributed by atoms with Crippen LogP contribution in [0.4, 0.5) is 4.79 Å². The van der Waals surface area contributed by atoms with Crippen LogP contribution < -0.4 is 21.1 Å². The number of carbonyl (C=O) groups excluding carboxylic acids is 2. The number of hydrogen-bond acceptors (Lipinski definition) is 8. The van der Waals surface area contributed by atoms with Crippen LogP contribution in [0.1, 0.15) is 44.0 Å². The van der Waals surface area contributed by atoms with Crippen molar-refractivity contribution in [3.8, 4) is 10.6 Å². The monoisotopic (exact) mass is 609 g/mol. The van der Waals surface area contributed by atoms with Crippen LogP contribution in [0.15, 0.2) is 89.8 Å². The maximum atomic E-state index is 13.8. The molecule has 1 aromatic heterocycles. The maximum Gasteiger partial charge on any atom is 0.409 e. The molecule has 42 heavy (non-hydrogen) atoms. The summed E-state index contributed by atoms with van der Waals surface area (Å²) in [6.45, 7) is 3.09. The molecule has 0 fully saturated rings. The fraction of sp³-hybridized carbons (Fsp3) is 0.300. The lowest BCUT2D eigenvalue weighted by Crippen LogP contribution is -2.51. The first kappa shape index (κ1) is 31.1. The summed E-state index contributed by atoms with van der Waals surface area (Å²) in [5.41, 5.74) is 8.04. The lowest BCUT2D eigenvalue weighted by molar-refractivity contribution is -0.124. The van der Waals surface area contributed by atoms with Crippen LogP contribution in [-0.2, 0) is 26.8 Å². The number of thiol groups is 1. The second-order valence-electron chi connectivity index (χ2n) is 10.5. The molecule has 0 saturated heterocycles. The van der Waals surface area contributed by atoms with E-state index in [0.29, 0.717) is 18.5 Å². The quantitative estimate of drug-likeness (QED) is 0.155. The van der Waals surface area contributed by atoms with E-state index in [4.69, 9.17) is 15.5 Å². The molecule has 1 heterocycles. The van der Waals surface area contributed by atoms with Crippen molar-refractivity contribution < 1.29 is 22.7 Å². The normalized spacial score (nSPS) is 16.4. The summed E-state index contributed by atoms with van der Waals surface area (Å²) in [6, 6.07) is 17.3. The Bertz CT molecular complexity index is 1490. The highest BCUT2D eigenvalue weighted by Gasteiger charge is 2.28. The van der Waals surface area contributed by atoms with Crippen molar-refractivity contribution in [2.75, 3.05) is 0 Å². The minimum absolute atomic E-state index is 0.231. The Morgan fingerprint density at radius 3 is 2.38 bits per heavy atom. The molecule has 222 valence electrons. The number of allylic oxidation sites excluding steroid dienone is 1. The van der Waals surface area contributed by atoms with Gasteiger partial charge < -0.3 is 15.4 Å². The molecule has 3 aromatic rings. The molecule has 4 rings (SSSR count). The molecule has 0 radical (unpaired) electrons. The summed E-state index contributed by atoms with van der Waals surface area (Å²) in [5, 5.41) is 8.49. The summed E-state index contributed by atoms with van der Waals surface area (Å²) in [5.74, 6) is -0.409. The summed E-state index contributed by atoms with van der Waals surface area (Å²) >= 11 is 1.47. The largest absolute Gasteiger partial charge is 0.429 e. The predicted molar refractivity (Wildman–Crippen MR) is 164 cm³/mol. The minimum atomic E-state index is -2.72. The molecule has 0 saturated carbocycles. The molecule has 0 aliphatic heterocycles. The van der Waals surface area contributed by atoms with Gasteiger partial charge in [-0.1, -0.05) is 78.9 Å². The van der Waals surface area contributed by atoms with Crippen LogP contribution in [0.2, 0.25) is 0 Å². The van der Waals surface area contributed by atoms with E-state index in [1.165, 1.54) is 11.3 Å². The van der Waals surface area contributed by atoms with Crippen molar-refractivity contribution in [2.45, 2.75) is 57.0 Å². The summed E-state index contributed by atoms with van der Waals surface area (Å²) in [4.78, 5) is 31.2. The van der Waals surface area contributed by atoms with Gasteiger partial charge in [-0.2, -0.15) is 0 Å². The average Bonchev–Trinajstić information content (AvgIpc) is 3.44. The standard InChI is InChI=1S/C30H35N5O5S2/c1-30(2,31)40-29(37)34-25(18-20-9-5-3-6-10-20)27(36)32-24(17-21-13-15-23(16-14-21)35-42(38)39)26-19-41-28(33-26)22-11-7-4-8-12-22/h3-15,19,23-25,42H,16-18,31H2,1-2H3,(H,32,36)(H,34,37)(H,35,38,39)/t23?,24-,25-/m0/s1. The zero-order valence-corrected chi connectivity index (χ0v) is 25.1. The van der Waals surface area contributed by atoms with Gasteiger partial charge in [-0.3, -0.25) is 10.5 Å². The van der Waals surface area contributed by atoms with Crippen molar-refractivity contribution in [3.05, 3.63) is 101 Å². The number of carbonyl (C=O) groups is 2. The van der Waals surface area contributed by atoms with Gasteiger partial charge in [0, 0.05) is 23.4 Å². The van der Waals surface area contributed by atoms with Crippen molar-refractivity contribution in [1.29, 1.82) is 0 Å². The average molecular weight is 610 g/mol. The topological polar surface area (TPSA) is 153 Å². The number of thiazole rings is 1. The number of ether oxygens (including phenoxy) is 1. The summed E-state index contributed by atoms with van der Waals surface area (Å²) in [6.07, 6.45) is 5.92. The third-order valence-corrected chi connectivity index (χ3v) is 7.80. The highest BCUT2D eigenvalue weighted by atomic mass is 32.2. The number of benzene rings is 2. The molecule has 10 nitrogen and oxygen atoms in total. The molecule has 5 N–H and O–H groups in total. The second kappa shape index (κ2) is 14.4. The Labute approximate surface area is 251 Å². The number of nitrogens with two attached hydrogens (primary N) is 1. The number of alkyl carbamates (subject to hydrolysis) is 1. The Balaban J connectivity index is 1.58. The fourth-order valence-corrected chi connectivity index (χ4v) is 5.76. The first-order valence-electron chi connectivity index (χ1n) is 13.5. The van der Waals surface area contributed by atoms with E-state index < -0.39 is 40.7 Å². The highest BCUT2D eigenvalue weighted by Crippen LogP contribution is 2.30. The third-order valence-electron chi connectivity index (χ3n) is 6.35. The minimum Gasteiger partial charge on any atom is -0.429 e. The molecule has 1 unspecified atom stereocenters. The number of nitrogens with zero attached hydrogens (tertiary/aromatic N) is 1. The van der Waals surface area contributed by atoms with Crippen LogP contribution >= 0.6 is 11.3 Å². The molecular weight excluding hydrogens is 574 g/mol. The first-order valence-corrected chi connectivity index (χ1v) is 15.5. The van der Waals surface area contributed by atoms with Crippen molar-refractivity contribution >= 4 is 34.2 Å². The SMILES string of the molecule is CC(C)(N)OC(=O)N[C@@H](Cc1ccccc1)C(=O)N[C@@H](CC1=CCC(N[SH](=O)=O)C=C1)c1csc(-c2ccccc2)n1. The Hall–Kier alpha value is -3.84. The molecule has 2 amide bonds. The van der Waals surface area contributed by atoms with Gasteiger partial charge in [0.25, 0.3) is 0 Å². The lowest BCUT2D eigenvalue weighted by atomic mass is 9.96. The van der Waals surface area contributed by atoms with E-state index >= 15 is 0 Å². The van der Waals surface area contributed by atoms with Crippen LogP contribution in [-0.4, -0.2) is 43.2 Å². The highest BCUT2D eigenvalue weighted by molar-refractivity contribution is 7.70. The van der Waals surface area contributed by atoms with Crippen LogP contribution in [0.5, 0.6) is 0 Å². The van der Waals surface area contributed by atoms with Crippen molar-refractivity contribution in [3.63, 3.8) is 0 Å². The zero-order valence-electron chi connectivity index (χ0n) is 23.4. The summed E-state index contributed by atoms with van der Waals surface area (Å²) in [7, 11) is -2.72. The van der Waals surface area contributed by atoms with E-state index in [0.717, 1.165) is 21.7 Å². The Morgan fingerprint density at radius 1 is 1.07 bits per heavy atom. The van der Waals surface area contributed by atoms with Crippen LogP contribution in [0.25, 0.3) is 10.6 Å². The van der Waals surface area contributed by atoms with E-state index in [1.54, 1.807) is 19.9 Å². The van der Waals surface area contributed by atoms with E-state index in [-0.39, 0.29) is 12.5 Å². The molecule has 2 aromatic carbocycles. The Kier molecular flexibility index (Phi) is 10.6. The third kappa shape index (κ3) is 9.62. The number of rotatable bonds is 12. The molecule has 12 heteroatoms. The number of amides is 2. The summed E-state index contributed by atoms with van der Waals surface area (Å²) < 4.78 is 29.9. The van der Waals surface area contributed by atoms with Crippen molar-refractivity contribution in [2.24, 2.45) is 5.73 Å². The lowest BCUT2D eigenvalue weighted by Gasteiger charge is -2.26. The molecule has 0 spiro atoms. The van der Waals surface area contributed by atoms with Gasteiger partial charge in [0.2, 0.25) is 16.8 Å². The smallest absolute Gasteiger partial charge is 0.409 e. The number of hydrogen-bond donors (Lipinski definition) is 5. The molecule has 0 bridgehead atoms. The van der Waals surface area contributed by atoms with E-state index in [1.807, 2.05) is 78.2 Å². The van der Waals surface area contributed by atoms with E-state index in [2.05, 4.69) is 15.4 Å². The predicted octanol–water partition coefficient (Wildman–Crippen LogP) is 3.76. The molecule has 1 aliphatic rings. The van der Waals surface area contributed by atoms with Gasteiger partial charge >= 0.3 is 6.09 Å². The van der Waals surface area contributed by atoms with Crippen LogP contribution in [0.3, 0.4) is 0 Å². The van der Waals surface area contributed by atoms with Gasteiger partial charge in [-0.05, 0) is 37.8 Å². The van der Waals surface area contributed by atoms with E-state index in [9.17, 15) is 18.0 Å². The number of nitrogens with one attached hydrogen (secondary N) is 3. The van der Waals surface area contributed by atoms with Crippen molar-refractivity contribution in [1.82, 2.24) is 20.3 Å². The van der Waals surface area contributed by atoms with Gasteiger partial charge in [-0.25, -0.2) is 22.9 Å². The molecule has 3 atom stereocenters. The maximum absolute atomic E-state index is 13.8. The first-order chi connectivity index (χ1) is 20.1. The van der Waals surface area contributed by atoms with Gasteiger partial charge in [0.1, 0.15) is 11.0 Å². The fourth-order valence-electron chi connectivity index (χ4n) is 4.41. The molecule has 1 aliphatic carbocycles. The number of aromatic nitrogens is 1.